The van der Waals surface area contributed by atoms with Gasteiger partial charge in [-0.25, -0.2) is 0 Å². The van der Waals surface area contributed by atoms with Gasteiger partial charge >= 0.3 is 0 Å². The lowest BCUT2D eigenvalue weighted by atomic mass is 9.93. The minimum Gasteiger partial charge on any atom is -0.361 e. The summed E-state index contributed by atoms with van der Waals surface area (Å²) in [6, 6.07) is 7.46. The van der Waals surface area contributed by atoms with E-state index in [1.807, 2.05) is 25.1 Å². The second kappa shape index (κ2) is 5.61. The molecule has 7 nitrogen and oxygen atoms in total. The van der Waals surface area contributed by atoms with E-state index in [0.29, 0.717) is 24.2 Å². The van der Waals surface area contributed by atoms with E-state index in [-0.39, 0.29) is 11.8 Å². The molecule has 4 rings (SSSR count). The number of nitrogens with zero attached hydrogens (tertiary/aromatic N) is 3. The fraction of sp³-hybridized carbons (Fsp3) is 0.389. The van der Waals surface area contributed by atoms with E-state index in [9.17, 15) is 9.59 Å². The highest BCUT2D eigenvalue weighted by Gasteiger charge is 2.42. The Labute approximate surface area is 146 Å². The van der Waals surface area contributed by atoms with Crippen LogP contribution >= 0.6 is 0 Å². The molecule has 0 radical (unpaired) electrons. The van der Waals surface area contributed by atoms with Crippen molar-refractivity contribution in [2.24, 2.45) is 7.05 Å². The number of amides is 2. The van der Waals surface area contributed by atoms with Gasteiger partial charge in [0, 0.05) is 25.5 Å². The average molecular weight is 339 g/mol. The lowest BCUT2D eigenvalue weighted by Gasteiger charge is -2.46. The summed E-state index contributed by atoms with van der Waals surface area (Å²) in [5, 5.41) is 10.8. The van der Waals surface area contributed by atoms with Crippen molar-refractivity contribution in [3.63, 3.8) is 0 Å². The predicted molar refractivity (Wildman–Crippen MR) is 93.3 cm³/mol. The highest BCUT2D eigenvalue weighted by atomic mass is 16.2. The van der Waals surface area contributed by atoms with E-state index in [2.05, 4.69) is 15.7 Å². The van der Waals surface area contributed by atoms with Gasteiger partial charge in [-0.15, -0.1) is 0 Å². The third-order valence-electron chi connectivity index (χ3n) is 4.92. The highest BCUT2D eigenvalue weighted by Crippen LogP contribution is 2.31. The van der Waals surface area contributed by atoms with Crippen molar-refractivity contribution in [2.75, 3.05) is 18.4 Å². The zero-order chi connectivity index (χ0) is 17.6. The van der Waals surface area contributed by atoms with Crippen LogP contribution in [0.4, 0.5) is 5.69 Å². The van der Waals surface area contributed by atoms with Crippen LogP contribution in [0.1, 0.15) is 39.3 Å². The molecule has 0 bridgehead atoms. The van der Waals surface area contributed by atoms with Gasteiger partial charge in [0.1, 0.15) is 5.66 Å². The number of fused-ring (bicyclic) bond motifs is 1. The van der Waals surface area contributed by atoms with Crippen LogP contribution in [-0.2, 0) is 7.05 Å². The molecule has 0 aliphatic carbocycles. The summed E-state index contributed by atoms with van der Waals surface area (Å²) in [6.07, 6.45) is 3.35. The molecule has 2 aliphatic rings. The normalized spacial score (nSPS) is 22.3. The number of nitrogens with one attached hydrogen (secondary N) is 2. The zero-order valence-corrected chi connectivity index (χ0v) is 14.4. The largest absolute Gasteiger partial charge is 0.361 e. The van der Waals surface area contributed by atoms with E-state index in [0.717, 1.165) is 24.2 Å². The highest BCUT2D eigenvalue weighted by molar-refractivity contribution is 6.02. The molecule has 1 atom stereocenters. The molecule has 2 amide bonds. The minimum atomic E-state index is -0.616. The van der Waals surface area contributed by atoms with E-state index >= 15 is 0 Å². The van der Waals surface area contributed by atoms with Crippen LogP contribution in [0.5, 0.6) is 0 Å². The number of benzene rings is 1. The molecule has 130 valence electrons. The van der Waals surface area contributed by atoms with Gasteiger partial charge in [0.25, 0.3) is 11.8 Å². The van der Waals surface area contributed by atoms with Crippen molar-refractivity contribution >= 4 is 17.5 Å². The fourth-order valence-electron chi connectivity index (χ4n) is 3.78. The van der Waals surface area contributed by atoms with Gasteiger partial charge in [-0.05, 0) is 31.9 Å². The van der Waals surface area contributed by atoms with Crippen molar-refractivity contribution in [1.29, 1.82) is 0 Å². The number of aryl methyl sites for hydroxylation is 2. The molecule has 1 aromatic heterocycles. The molecule has 25 heavy (non-hydrogen) atoms. The number of carbonyl (C=O) groups excluding carboxylic acids is 2. The van der Waals surface area contributed by atoms with Crippen LogP contribution in [0.2, 0.25) is 0 Å². The number of hydrogen-bond acceptors (Lipinski definition) is 4. The van der Waals surface area contributed by atoms with E-state index in [1.165, 1.54) is 0 Å². The van der Waals surface area contributed by atoms with Crippen LogP contribution in [0.15, 0.2) is 30.5 Å². The zero-order valence-electron chi connectivity index (χ0n) is 14.4. The Morgan fingerprint density at radius 1 is 1.28 bits per heavy atom. The molecule has 1 spiro atoms. The Kier molecular flexibility index (Phi) is 3.52. The summed E-state index contributed by atoms with van der Waals surface area (Å²) in [5.74, 6) is -0.138. The smallest absolute Gasteiger partial charge is 0.257 e. The number of anilines is 1. The first kappa shape index (κ1) is 15.7. The third kappa shape index (κ3) is 2.65. The Morgan fingerprint density at radius 2 is 2.08 bits per heavy atom. The predicted octanol–water partition coefficient (Wildman–Crippen LogP) is 1.52. The maximum absolute atomic E-state index is 12.9. The molecule has 0 unspecified atom stereocenters. The van der Waals surface area contributed by atoms with Gasteiger partial charge in [0.15, 0.2) is 0 Å². The van der Waals surface area contributed by atoms with Gasteiger partial charge in [-0.2, -0.15) is 5.10 Å². The van der Waals surface area contributed by atoms with Crippen molar-refractivity contribution in [3.8, 4) is 0 Å². The van der Waals surface area contributed by atoms with Crippen molar-refractivity contribution in [3.05, 3.63) is 47.3 Å². The van der Waals surface area contributed by atoms with Crippen molar-refractivity contribution in [1.82, 2.24) is 20.0 Å². The number of likely N-dealkylation sites (tertiary alicyclic amines) is 1. The number of carbonyl (C=O) groups is 2. The maximum Gasteiger partial charge on any atom is 0.257 e. The van der Waals surface area contributed by atoms with Crippen LogP contribution in [-0.4, -0.2) is 45.2 Å². The summed E-state index contributed by atoms with van der Waals surface area (Å²) in [7, 11) is 1.81. The first-order valence-corrected chi connectivity index (χ1v) is 8.47. The summed E-state index contributed by atoms with van der Waals surface area (Å²) >= 11 is 0. The molecular formula is C18H21N5O2. The van der Waals surface area contributed by atoms with E-state index in [4.69, 9.17) is 0 Å². The summed E-state index contributed by atoms with van der Waals surface area (Å²) in [4.78, 5) is 27.2. The van der Waals surface area contributed by atoms with Crippen LogP contribution in [0.25, 0.3) is 0 Å². The Bertz CT molecular complexity index is 859. The second-order valence-electron chi connectivity index (χ2n) is 6.84. The Balaban J connectivity index is 1.60. The number of piperidine rings is 1. The van der Waals surface area contributed by atoms with Gasteiger partial charge < -0.3 is 15.5 Å². The molecule has 7 heteroatoms. The number of rotatable bonds is 1. The fourth-order valence-corrected chi connectivity index (χ4v) is 3.78. The Hall–Kier alpha value is -2.83. The van der Waals surface area contributed by atoms with E-state index in [1.54, 1.807) is 28.9 Å². The topological polar surface area (TPSA) is 79.3 Å². The summed E-state index contributed by atoms with van der Waals surface area (Å²) in [5.41, 5.74) is 2.17. The molecule has 1 saturated heterocycles. The monoisotopic (exact) mass is 339 g/mol. The first-order chi connectivity index (χ1) is 12.0. The number of para-hydroxylation sites is 1. The standard InChI is InChI=1S/C18H21N5O2/c1-12-14(10-22(2)21-12)17(25)23-9-5-8-18(11-23)19-15-7-4-3-6-13(15)16(24)20-18/h3-4,6-7,10,19H,5,8-9,11H2,1-2H3,(H,20,24)/t18-/m0/s1. The molecule has 1 fully saturated rings. The minimum absolute atomic E-state index is 0.0421. The van der Waals surface area contributed by atoms with Gasteiger partial charge in [0.05, 0.1) is 23.4 Å². The second-order valence-corrected chi connectivity index (χ2v) is 6.84. The molecule has 2 N–H and O–H groups in total. The summed E-state index contributed by atoms with van der Waals surface area (Å²) < 4.78 is 1.65. The molecule has 3 heterocycles. The average Bonchev–Trinajstić information content (AvgIpc) is 2.92. The van der Waals surface area contributed by atoms with Gasteiger partial charge in [-0.1, -0.05) is 12.1 Å². The molecule has 1 aromatic carbocycles. The van der Waals surface area contributed by atoms with Crippen molar-refractivity contribution in [2.45, 2.75) is 25.4 Å². The molecule has 2 aromatic rings. The quantitative estimate of drug-likeness (QED) is 0.826. The SMILES string of the molecule is Cc1nn(C)cc1C(=O)N1CCC[C@@]2(C1)NC(=O)c1ccccc1N2. The lowest BCUT2D eigenvalue weighted by molar-refractivity contribution is 0.0592. The van der Waals surface area contributed by atoms with Crippen LogP contribution < -0.4 is 10.6 Å². The molecule has 2 aliphatic heterocycles. The molecule has 0 saturated carbocycles. The third-order valence-corrected chi connectivity index (χ3v) is 4.92. The maximum atomic E-state index is 12.9. The van der Waals surface area contributed by atoms with Crippen molar-refractivity contribution < 1.29 is 9.59 Å². The Morgan fingerprint density at radius 3 is 2.84 bits per heavy atom. The first-order valence-electron chi connectivity index (χ1n) is 8.47. The van der Waals surface area contributed by atoms with Gasteiger partial charge in [0.2, 0.25) is 0 Å². The van der Waals surface area contributed by atoms with Crippen LogP contribution in [0.3, 0.4) is 0 Å². The summed E-state index contributed by atoms with van der Waals surface area (Å²) in [6.45, 7) is 2.94. The van der Waals surface area contributed by atoms with Gasteiger partial charge in [-0.3, -0.25) is 14.3 Å². The van der Waals surface area contributed by atoms with Crippen LogP contribution in [0, 0.1) is 6.92 Å². The van der Waals surface area contributed by atoms with E-state index < -0.39 is 5.66 Å². The lowest BCUT2D eigenvalue weighted by Crippen LogP contribution is -2.66. The number of aromatic nitrogens is 2. The number of hydrogen-bond donors (Lipinski definition) is 2. The molecular weight excluding hydrogens is 318 g/mol.